The lowest BCUT2D eigenvalue weighted by Gasteiger charge is -2.27. The van der Waals surface area contributed by atoms with E-state index in [1.165, 1.54) is 25.7 Å². The maximum atomic E-state index is 9.62. The van der Waals surface area contributed by atoms with Crippen LogP contribution in [0, 0.1) is 5.92 Å². The number of hydrogen-bond donors (Lipinski definition) is 3. The van der Waals surface area contributed by atoms with E-state index in [9.17, 15) is 5.11 Å². The van der Waals surface area contributed by atoms with Crippen molar-refractivity contribution in [3.8, 4) is 23.0 Å². The van der Waals surface area contributed by atoms with Gasteiger partial charge in [-0.05, 0) is 120 Å². The van der Waals surface area contributed by atoms with Gasteiger partial charge in [-0.1, -0.05) is 6.92 Å². The number of benzene rings is 2. The highest BCUT2D eigenvalue weighted by molar-refractivity contribution is 5.77. The van der Waals surface area contributed by atoms with Crippen LogP contribution < -0.4 is 20.1 Å². The number of aromatic nitrogens is 1. The van der Waals surface area contributed by atoms with Crippen molar-refractivity contribution < 1.29 is 19.0 Å². The maximum Gasteiger partial charge on any atom is 0.227 e. The Morgan fingerprint density at radius 2 is 1.38 bits per heavy atom. The molecule has 0 atom stereocenters. The van der Waals surface area contributed by atoms with Gasteiger partial charge in [0.25, 0.3) is 0 Å². The van der Waals surface area contributed by atoms with E-state index >= 15 is 0 Å². The number of rotatable bonds is 13. The second-order valence-electron chi connectivity index (χ2n) is 11.4. The molecule has 2 saturated carbocycles. The summed E-state index contributed by atoms with van der Waals surface area (Å²) in [5.74, 6) is 3.15. The van der Waals surface area contributed by atoms with Crippen molar-refractivity contribution in [2.45, 2.75) is 89.3 Å². The van der Waals surface area contributed by atoms with Crippen molar-refractivity contribution in [1.82, 2.24) is 15.6 Å². The number of fused-ring (bicyclic) bond motifs is 1. The Morgan fingerprint density at radius 3 is 2.05 bits per heavy atom. The fraction of sp³-hybridized carbons (Fsp3) is 0.594. The van der Waals surface area contributed by atoms with Gasteiger partial charge in [-0.2, -0.15) is 0 Å². The molecule has 1 heterocycles. The van der Waals surface area contributed by atoms with Crippen LogP contribution in [-0.2, 0) is 0 Å². The standard InChI is InChI=1S/C32H45N3O4/c1-23-4-8-25(9-5-23)33-19-3-21-38-29-16-17-30-31(22-29)39-32(35-30)24-6-14-28(15-7-24)37-20-2-18-34-26-10-12-27(36)13-11-26/h6-7,14-17,22-23,25-27,33-34,36H,2-5,8-13,18-21H2,1H3/t23-,25-,26-,27-. The number of oxazole rings is 1. The van der Waals surface area contributed by atoms with E-state index in [-0.39, 0.29) is 6.10 Å². The quantitative estimate of drug-likeness (QED) is 0.228. The van der Waals surface area contributed by atoms with E-state index in [1.54, 1.807) is 0 Å². The van der Waals surface area contributed by atoms with Gasteiger partial charge in [-0.25, -0.2) is 4.98 Å². The minimum absolute atomic E-state index is 0.104. The fourth-order valence-corrected chi connectivity index (χ4v) is 5.69. The van der Waals surface area contributed by atoms with Gasteiger partial charge in [-0.15, -0.1) is 0 Å². The van der Waals surface area contributed by atoms with Crippen LogP contribution in [-0.4, -0.2) is 54.6 Å². The Bertz CT molecular complexity index is 1130. The molecule has 0 aliphatic heterocycles. The molecule has 0 saturated heterocycles. The van der Waals surface area contributed by atoms with Crippen LogP contribution in [0.3, 0.4) is 0 Å². The molecular formula is C32H45N3O4. The van der Waals surface area contributed by atoms with Crippen LogP contribution in [0.4, 0.5) is 0 Å². The molecule has 0 spiro atoms. The Morgan fingerprint density at radius 1 is 0.795 bits per heavy atom. The minimum Gasteiger partial charge on any atom is -0.494 e. The van der Waals surface area contributed by atoms with Crippen LogP contribution in [0.2, 0.25) is 0 Å². The molecular weight excluding hydrogens is 490 g/mol. The van der Waals surface area contributed by atoms with Crippen molar-refractivity contribution in [3.05, 3.63) is 42.5 Å². The Balaban J connectivity index is 1.02. The molecule has 2 aromatic carbocycles. The molecule has 2 fully saturated rings. The molecule has 2 aliphatic carbocycles. The van der Waals surface area contributed by atoms with E-state index in [2.05, 4.69) is 22.5 Å². The van der Waals surface area contributed by atoms with Gasteiger partial charge >= 0.3 is 0 Å². The van der Waals surface area contributed by atoms with Crippen molar-refractivity contribution >= 4 is 11.1 Å². The molecule has 0 amide bonds. The Hall–Kier alpha value is -2.61. The third-order valence-electron chi connectivity index (χ3n) is 8.22. The normalized spacial score (nSPS) is 23.6. The molecule has 7 nitrogen and oxygen atoms in total. The van der Waals surface area contributed by atoms with Gasteiger partial charge in [-0.3, -0.25) is 0 Å². The highest BCUT2D eigenvalue weighted by Gasteiger charge is 2.19. The summed E-state index contributed by atoms with van der Waals surface area (Å²) in [5, 5.41) is 16.9. The predicted molar refractivity (Wildman–Crippen MR) is 155 cm³/mol. The molecule has 0 bridgehead atoms. The number of aliphatic hydroxyl groups excluding tert-OH is 1. The average molecular weight is 536 g/mol. The average Bonchev–Trinajstić information content (AvgIpc) is 3.39. The number of ether oxygens (including phenoxy) is 2. The first-order valence-corrected chi connectivity index (χ1v) is 15.0. The summed E-state index contributed by atoms with van der Waals surface area (Å²) in [7, 11) is 0. The summed E-state index contributed by atoms with van der Waals surface area (Å²) in [6.07, 6.45) is 11.1. The highest BCUT2D eigenvalue weighted by atomic mass is 16.5. The molecule has 2 aliphatic rings. The molecule has 39 heavy (non-hydrogen) atoms. The molecule has 0 radical (unpaired) electrons. The van der Waals surface area contributed by atoms with Crippen LogP contribution in [0.15, 0.2) is 46.9 Å². The summed E-state index contributed by atoms with van der Waals surface area (Å²) in [5.41, 5.74) is 2.48. The first-order chi connectivity index (χ1) is 19.1. The first kappa shape index (κ1) is 27.9. The lowest BCUT2D eigenvalue weighted by atomic mass is 9.87. The fourth-order valence-electron chi connectivity index (χ4n) is 5.69. The lowest BCUT2D eigenvalue weighted by molar-refractivity contribution is 0.116. The minimum atomic E-state index is -0.104. The zero-order valence-electron chi connectivity index (χ0n) is 23.4. The van der Waals surface area contributed by atoms with Crippen LogP contribution >= 0.6 is 0 Å². The van der Waals surface area contributed by atoms with Gasteiger partial charge in [0, 0.05) is 23.7 Å². The highest BCUT2D eigenvalue weighted by Crippen LogP contribution is 2.28. The lowest BCUT2D eigenvalue weighted by Crippen LogP contribution is -2.35. The van der Waals surface area contributed by atoms with Gasteiger partial charge in [0.2, 0.25) is 5.89 Å². The van der Waals surface area contributed by atoms with Gasteiger partial charge in [0.1, 0.15) is 17.0 Å². The van der Waals surface area contributed by atoms with Crippen molar-refractivity contribution in [3.63, 3.8) is 0 Å². The number of nitrogens with zero attached hydrogens (tertiary/aromatic N) is 1. The molecule has 5 rings (SSSR count). The predicted octanol–water partition coefficient (Wildman–Crippen LogP) is 6.09. The molecule has 3 N–H and O–H groups in total. The summed E-state index contributed by atoms with van der Waals surface area (Å²) in [6, 6.07) is 15.0. The SMILES string of the molecule is C[C@H]1CC[C@H](NCCCOc2ccc3nc(-c4ccc(OCCCN[C@H]5CC[C@H](O)CC5)cc4)oc3c2)CC1. The van der Waals surface area contributed by atoms with Crippen LogP contribution in [0.5, 0.6) is 11.5 Å². The zero-order valence-corrected chi connectivity index (χ0v) is 23.4. The monoisotopic (exact) mass is 535 g/mol. The zero-order chi connectivity index (χ0) is 26.9. The van der Waals surface area contributed by atoms with Crippen molar-refractivity contribution in [1.29, 1.82) is 0 Å². The van der Waals surface area contributed by atoms with E-state index in [0.717, 1.165) is 85.7 Å². The molecule has 7 heteroatoms. The first-order valence-electron chi connectivity index (χ1n) is 15.0. The van der Waals surface area contributed by atoms with E-state index in [1.807, 2.05) is 42.5 Å². The number of aliphatic hydroxyl groups is 1. The summed E-state index contributed by atoms with van der Waals surface area (Å²) in [4.78, 5) is 4.66. The smallest absolute Gasteiger partial charge is 0.227 e. The largest absolute Gasteiger partial charge is 0.494 e. The molecule has 1 aromatic heterocycles. The van der Waals surface area contributed by atoms with Crippen molar-refractivity contribution in [2.75, 3.05) is 26.3 Å². The summed E-state index contributed by atoms with van der Waals surface area (Å²) < 4.78 is 18.0. The second-order valence-corrected chi connectivity index (χ2v) is 11.4. The van der Waals surface area contributed by atoms with E-state index in [0.29, 0.717) is 31.2 Å². The maximum absolute atomic E-state index is 9.62. The second kappa shape index (κ2) is 14.1. The van der Waals surface area contributed by atoms with Gasteiger partial charge in [0.15, 0.2) is 5.58 Å². The number of hydrogen-bond acceptors (Lipinski definition) is 7. The molecule has 0 unspecified atom stereocenters. The Labute approximate surface area is 232 Å². The van der Waals surface area contributed by atoms with Crippen LogP contribution in [0.1, 0.15) is 71.1 Å². The summed E-state index contributed by atoms with van der Waals surface area (Å²) >= 11 is 0. The third kappa shape index (κ3) is 8.44. The molecule has 212 valence electrons. The van der Waals surface area contributed by atoms with Crippen molar-refractivity contribution in [2.24, 2.45) is 5.92 Å². The van der Waals surface area contributed by atoms with Gasteiger partial charge < -0.3 is 29.6 Å². The van der Waals surface area contributed by atoms with Gasteiger partial charge in [0.05, 0.1) is 19.3 Å². The van der Waals surface area contributed by atoms with E-state index in [4.69, 9.17) is 13.9 Å². The molecule has 3 aromatic rings. The third-order valence-corrected chi connectivity index (χ3v) is 8.22. The summed E-state index contributed by atoms with van der Waals surface area (Å²) in [6.45, 7) is 5.65. The van der Waals surface area contributed by atoms with E-state index < -0.39 is 0 Å². The Kier molecular flexibility index (Phi) is 10.1. The number of nitrogens with one attached hydrogen (secondary N) is 2. The van der Waals surface area contributed by atoms with Crippen LogP contribution in [0.25, 0.3) is 22.6 Å². The topological polar surface area (TPSA) is 88.8 Å².